The van der Waals surface area contributed by atoms with Gasteiger partial charge < -0.3 is 5.32 Å². The summed E-state index contributed by atoms with van der Waals surface area (Å²) in [6.07, 6.45) is 6.89. The molecule has 1 aliphatic heterocycles. The van der Waals surface area contributed by atoms with Gasteiger partial charge in [-0.1, -0.05) is 19.3 Å². The molecule has 1 heterocycles. The van der Waals surface area contributed by atoms with Gasteiger partial charge in [-0.3, -0.25) is 10.1 Å². The number of rotatable bonds is 1. The molecule has 0 aromatic rings. The maximum atomic E-state index is 11.0. The van der Waals surface area contributed by atoms with Gasteiger partial charge in [0.05, 0.1) is 6.17 Å². The molecule has 1 aliphatic carbocycles. The minimum absolute atomic E-state index is 0.0914. The van der Waals surface area contributed by atoms with Crippen molar-refractivity contribution in [1.29, 1.82) is 0 Å². The molecule has 2 rings (SSSR count). The smallest absolute Gasteiger partial charge is 0.218 e. The molecule has 1 amide bonds. The van der Waals surface area contributed by atoms with Gasteiger partial charge in [-0.25, -0.2) is 0 Å². The van der Waals surface area contributed by atoms with E-state index in [1.807, 2.05) is 0 Å². The van der Waals surface area contributed by atoms with Crippen LogP contribution in [0.1, 0.15) is 39.0 Å². The number of carbonyl (C=O) groups excluding carboxylic acids is 1. The first-order chi connectivity index (χ1) is 6.77. The summed E-state index contributed by atoms with van der Waals surface area (Å²) in [5.41, 5.74) is 0. The minimum atomic E-state index is 0.0914. The highest BCUT2D eigenvalue weighted by atomic mass is 16.1. The Labute approximate surface area is 85.6 Å². The molecule has 0 radical (unpaired) electrons. The van der Waals surface area contributed by atoms with Crippen molar-refractivity contribution in [2.24, 2.45) is 11.8 Å². The molecule has 0 aromatic carbocycles. The number of hydrogen-bond acceptors (Lipinski definition) is 2. The molecule has 3 nitrogen and oxygen atoms in total. The first kappa shape index (κ1) is 9.97. The Balaban J connectivity index is 1.97. The number of nitrogens with one attached hydrogen (secondary N) is 2. The lowest BCUT2D eigenvalue weighted by molar-refractivity contribution is -0.120. The fourth-order valence-corrected chi connectivity index (χ4v) is 2.99. The molecule has 3 atom stereocenters. The summed E-state index contributed by atoms with van der Waals surface area (Å²) in [5, 5.41) is 6.45. The number of carbonyl (C=O) groups is 1. The molecule has 0 spiro atoms. The van der Waals surface area contributed by atoms with Crippen molar-refractivity contribution in [3.63, 3.8) is 0 Å². The Hall–Kier alpha value is -0.570. The molecule has 14 heavy (non-hydrogen) atoms. The zero-order valence-electron chi connectivity index (χ0n) is 8.88. The summed E-state index contributed by atoms with van der Waals surface area (Å²) < 4.78 is 0. The lowest BCUT2D eigenvalue weighted by Gasteiger charge is -2.42. The second-order valence-electron chi connectivity index (χ2n) is 4.63. The van der Waals surface area contributed by atoms with E-state index in [9.17, 15) is 4.79 Å². The number of amides is 1. The molecular weight excluding hydrogens is 176 g/mol. The van der Waals surface area contributed by atoms with Crippen LogP contribution in [0.5, 0.6) is 0 Å². The van der Waals surface area contributed by atoms with Gasteiger partial charge in [0.1, 0.15) is 0 Å². The van der Waals surface area contributed by atoms with Gasteiger partial charge in [-0.05, 0) is 31.2 Å². The van der Waals surface area contributed by atoms with Crippen molar-refractivity contribution >= 4 is 5.91 Å². The predicted molar refractivity (Wildman–Crippen MR) is 55.7 cm³/mol. The van der Waals surface area contributed by atoms with Crippen molar-refractivity contribution in [3.8, 4) is 0 Å². The van der Waals surface area contributed by atoms with Crippen LogP contribution >= 0.6 is 0 Å². The zero-order chi connectivity index (χ0) is 9.97. The number of piperidine rings is 1. The van der Waals surface area contributed by atoms with Crippen LogP contribution in [0.25, 0.3) is 0 Å². The summed E-state index contributed by atoms with van der Waals surface area (Å²) in [6, 6.07) is 0. The van der Waals surface area contributed by atoms with Crippen LogP contribution in [-0.2, 0) is 4.79 Å². The van der Waals surface area contributed by atoms with Gasteiger partial charge in [0.15, 0.2) is 0 Å². The van der Waals surface area contributed by atoms with Crippen molar-refractivity contribution in [1.82, 2.24) is 10.6 Å². The molecule has 80 valence electrons. The Morgan fingerprint density at radius 3 is 2.86 bits per heavy atom. The largest absolute Gasteiger partial charge is 0.341 e. The Kier molecular flexibility index (Phi) is 3.06. The van der Waals surface area contributed by atoms with Crippen molar-refractivity contribution in [2.75, 3.05) is 6.54 Å². The van der Waals surface area contributed by atoms with Crippen LogP contribution in [0.15, 0.2) is 0 Å². The maximum absolute atomic E-state index is 11.0. The van der Waals surface area contributed by atoms with Crippen molar-refractivity contribution < 1.29 is 4.79 Å². The van der Waals surface area contributed by atoms with E-state index < -0.39 is 0 Å². The summed E-state index contributed by atoms with van der Waals surface area (Å²) in [6.45, 7) is 2.67. The second kappa shape index (κ2) is 4.30. The average molecular weight is 196 g/mol. The summed E-state index contributed by atoms with van der Waals surface area (Å²) in [4.78, 5) is 11.0. The molecule has 2 fully saturated rings. The molecule has 3 unspecified atom stereocenters. The highest BCUT2D eigenvalue weighted by molar-refractivity contribution is 5.73. The van der Waals surface area contributed by atoms with Crippen LogP contribution in [0.2, 0.25) is 0 Å². The van der Waals surface area contributed by atoms with Gasteiger partial charge in [0.25, 0.3) is 0 Å². The van der Waals surface area contributed by atoms with E-state index >= 15 is 0 Å². The number of hydrogen-bond donors (Lipinski definition) is 2. The first-order valence-corrected chi connectivity index (χ1v) is 5.78. The lowest BCUT2D eigenvalue weighted by atomic mass is 9.74. The first-order valence-electron chi connectivity index (χ1n) is 5.78. The monoisotopic (exact) mass is 196 g/mol. The SMILES string of the molecule is CC(=O)NC1NCCC2CCCCC21. The Morgan fingerprint density at radius 1 is 1.29 bits per heavy atom. The van der Waals surface area contributed by atoms with Gasteiger partial charge in [0.2, 0.25) is 5.91 Å². The van der Waals surface area contributed by atoms with Crippen molar-refractivity contribution in [3.05, 3.63) is 0 Å². The maximum Gasteiger partial charge on any atom is 0.218 e. The quantitative estimate of drug-likeness (QED) is 0.662. The Bertz CT molecular complexity index is 215. The van der Waals surface area contributed by atoms with E-state index in [1.165, 1.54) is 32.1 Å². The fraction of sp³-hybridized carbons (Fsp3) is 0.909. The highest BCUT2D eigenvalue weighted by Crippen LogP contribution is 2.35. The van der Waals surface area contributed by atoms with Gasteiger partial charge >= 0.3 is 0 Å². The molecule has 0 aromatic heterocycles. The predicted octanol–water partition coefficient (Wildman–Crippen LogP) is 1.25. The topological polar surface area (TPSA) is 41.1 Å². The van der Waals surface area contributed by atoms with E-state index in [1.54, 1.807) is 6.92 Å². The highest BCUT2D eigenvalue weighted by Gasteiger charge is 2.34. The summed E-state index contributed by atoms with van der Waals surface area (Å²) in [7, 11) is 0. The molecule has 2 N–H and O–H groups in total. The van der Waals surface area contributed by atoms with Crippen LogP contribution < -0.4 is 10.6 Å². The van der Waals surface area contributed by atoms with Crippen LogP contribution in [0.4, 0.5) is 0 Å². The molecule has 1 saturated carbocycles. The average Bonchev–Trinajstić information content (AvgIpc) is 2.18. The van der Waals surface area contributed by atoms with Crippen LogP contribution in [0.3, 0.4) is 0 Å². The van der Waals surface area contributed by atoms with Gasteiger partial charge in [0, 0.05) is 6.92 Å². The normalized spacial score (nSPS) is 37.4. The second-order valence-corrected chi connectivity index (χ2v) is 4.63. The van der Waals surface area contributed by atoms with E-state index in [4.69, 9.17) is 0 Å². The molecule has 1 saturated heterocycles. The minimum Gasteiger partial charge on any atom is -0.341 e. The van der Waals surface area contributed by atoms with E-state index in [0.717, 1.165) is 12.5 Å². The van der Waals surface area contributed by atoms with Crippen molar-refractivity contribution in [2.45, 2.75) is 45.2 Å². The standard InChI is InChI=1S/C11H20N2O/c1-8(14)13-11-10-5-3-2-4-9(10)6-7-12-11/h9-12H,2-7H2,1H3,(H,13,14). The van der Waals surface area contributed by atoms with Gasteiger partial charge in [-0.15, -0.1) is 0 Å². The molecule has 2 aliphatic rings. The lowest BCUT2D eigenvalue weighted by Crippen LogP contribution is -2.56. The molecule has 3 heteroatoms. The van der Waals surface area contributed by atoms with E-state index in [-0.39, 0.29) is 12.1 Å². The summed E-state index contributed by atoms with van der Waals surface area (Å²) >= 11 is 0. The van der Waals surface area contributed by atoms with E-state index in [0.29, 0.717) is 5.92 Å². The number of fused-ring (bicyclic) bond motifs is 1. The van der Waals surface area contributed by atoms with Crippen LogP contribution in [0, 0.1) is 11.8 Å². The Morgan fingerprint density at radius 2 is 2.07 bits per heavy atom. The fourth-order valence-electron chi connectivity index (χ4n) is 2.99. The third-order valence-corrected chi connectivity index (χ3v) is 3.63. The molecular formula is C11H20N2O. The van der Waals surface area contributed by atoms with Gasteiger partial charge in [-0.2, -0.15) is 0 Å². The third kappa shape index (κ3) is 2.08. The van der Waals surface area contributed by atoms with E-state index in [2.05, 4.69) is 10.6 Å². The van der Waals surface area contributed by atoms with Crippen LogP contribution in [-0.4, -0.2) is 18.6 Å². The summed E-state index contributed by atoms with van der Waals surface area (Å²) in [5.74, 6) is 1.62. The molecule has 0 bridgehead atoms. The third-order valence-electron chi connectivity index (χ3n) is 3.63. The zero-order valence-corrected chi connectivity index (χ0v) is 8.88.